The van der Waals surface area contributed by atoms with Crippen molar-refractivity contribution in [2.24, 2.45) is 0 Å². The molecule has 2 aromatic carbocycles. The van der Waals surface area contributed by atoms with Gasteiger partial charge in [0.25, 0.3) is 0 Å². The number of rotatable bonds is 6. The van der Waals surface area contributed by atoms with Gasteiger partial charge in [-0.25, -0.2) is 9.59 Å². The number of carbonyl (C=O) groups excluding carboxylic acids is 1. The maximum atomic E-state index is 12.0. The van der Waals surface area contributed by atoms with Crippen molar-refractivity contribution in [1.82, 2.24) is 0 Å². The van der Waals surface area contributed by atoms with E-state index in [1.54, 1.807) is 18.2 Å². The van der Waals surface area contributed by atoms with E-state index < -0.39 is 11.6 Å². The van der Waals surface area contributed by atoms with E-state index >= 15 is 0 Å². The number of ether oxygens (including phenoxy) is 2. The summed E-state index contributed by atoms with van der Waals surface area (Å²) in [5.41, 5.74) is 1.40. The van der Waals surface area contributed by atoms with Gasteiger partial charge in [-0.2, -0.15) is 0 Å². The van der Waals surface area contributed by atoms with Crippen LogP contribution in [0.5, 0.6) is 5.75 Å². The number of hydrogen-bond donors (Lipinski definition) is 0. The fourth-order valence-corrected chi connectivity index (χ4v) is 2.87. The normalized spacial score (nSPS) is 11.0. The first-order chi connectivity index (χ1) is 13.0. The lowest BCUT2D eigenvalue weighted by molar-refractivity contribution is -0.138. The van der Waals surface area contributed by atoms with Crippen LogP contribution >= 0.6 is 15.9 Å². The zero-order valence-electron chi connectivity index (χ0n) is 14.6. The summed E-state index contributed by atoms with van der Waals surface area (Å²) in [7, 11) is 0. The van der Waals surface area contributed by atoms with E-state index in [0.717, 1.165) is 21.2 Å². The van der Waals surface area contributed by atoms with Crippen LogP contribution in [0.25, 0.3) is 17.0 Å². The van der Waals surface area contributed by atoms with E-state index in [4.69, 9.17) is 13.9 Å². The van der Waals surface area contributed by atoms with Gasteiger partial charge in [0.2, 0.25) is 0 Å². The highest BCUT2D eigenvalue weighted by atomic mass is 79.9. The Morgan fingerprint density at radius 1 is 1.15 bits per heavy atom. The molecule has 0 amide bonds. The third-order valence-corrected chi connectivity index (χ3v) is 4.26. The highest BCUT2D eigenvalue weighted by molar-refractivity contribution is 9.10. The Hall–Kier alpha value is -2.86. The van der Waals surface area contributed by atoms with Crippen molar-refractivity contribution in [3.63, 3.8) is 0 Å². The van der Waals surface area contributed by atoms with Gasteiger partial charge in [-0.3, -0.25) is 0 Å². The van der Waals surface area contributed by atoms with Gasteiger partial charge in [0.1, 0.15) is 17.9 Å². The maximum absolute atomic E-state index is 12.0. The molecular weight excluding hydrogens is 412 g/mol. The molecule has 0 unspecified atom stereocenters. The Bertz CT molecular complexity index is 1030. The van der Waals surface area contributed by atoms with Gasteiger partial charge in [-0.05, 0) is 48.9 Å². The van der Waals surface area contributed by atoms with E-state index in [1.807, 2.05) is 37.3 Å². The molecule has 0 aliphatic heterocycles. The van der Waals surface area contributed by atoms with Crippen molar-refractivity contribution in [2.75, 3.05) is 6.61 Å². The molecule has 1 aromatic heterocycles. The highest BCUT2D eigenvalue weighted by Gasteiger charge is 2.08. The van der Waals surface area contributed by atoms with Crippen LogP contribution in [0.2, 0.25) is 0 Å². The third kappa shape index (κ3) is 5.08. The van der Waals surface area contributed by atoms with Gasteiger partial charge < -0.3 is 13.9 Å². The molecule has 27 heavy (non-hydrogen) atoms. The van der Waals surface area contributed by atoms with Gasteiger partial charge in [-0.15, -0.1) is 0 Å². The molecule has 1 heterocycles. The zero-order chi connectivity index (χ0) is 19.2. The quantitative estimate of drug-likeness (QED) is 0.323. The number of esters is 1. The van der Waals surface area contributed by atoms with Gasteiger partial charge in [0.15, 0.2) is 0 Å². The minimum absolute atomic E-state index is 0.0177. The number of carbonyl (C=O) groups is 1. The lowest BCUT2D eigenvalue weighted by Crippen LogP contribution is -2.05. The van der Waals surface area contributed by atoms with E-state index in [9.17, 15) is 9.59 Å². The molecule has 0 aliphatic rings. The first-order valence-corrected chi connectivity index (χ1v) is 9.14. The Labute approximate surface area is 164 Å². The van der Waals surface area contributed by atoms with Crippen molar-refractivity contribution in [1.29, 1.82) is 0 Å². The summed E-state index contributed by atoms with van der Waals surface area (Å²) in [6, 6.07) is 14.0. The van der Waals surface area contributed by atoms with Gasteiger partial charge >= 0.3 is 11.6 Å². The number of fused-ring (bicyclic) bond motifs is 1. The zero-order valence-corrected chi connectivity index (χ0v) is 16.2. The van der Waals surface area contributed by atoms with Crippen LogP contribution in [0.3, 0.4) is 0 Å². The molecule has 3 aromatic rings. The minimum Gasteiger partial charge on any atom is -0.494 e. The van der Waals surface area contributed by atoms with Crippen LogP contribution in [0.4, 0.5) is 0 Å². The van der Waals surface area contributed by atoms with E-state index in [-0.39, 0.29) is 6.61 Å². The van der Waals surface area contributed by atoms with Crippen molar-refractivity contribution in [2.45, 2.75) is 13.5 Å². The molecule has 0 N–H and O–H groups in total. The van der Waals surface area contributed by atoms with Gasteiger partial charge in [0.05, 0.1) is 6.61 Å². The molecule has 6 heteroatoms. The number of hydrogen-bond acceptors (Lipinski definition) is 5. The molecule has 0 spiro atoms. The first-order valence-electron chi connectivity index (χ1n) is 8.35. The summed E-state index contributed by atoms with van der Waals surface area (Å²) in [5, 5.41) is 0.723. The Kier molecular flexibility index (Phi) is 6.08. The van der Waals surface area contributed by atoms with Gasteiger partial charge in [-0.1, -0.05) is 28.1 Å². The van der Waals surface area contributed by atoms with Crippen LogP contribution in [0.1, 0.15) is 18.1 Å². The van der Waals surface area contributed by atoms with E-state index in [1.165, 1.54) is 12.1 Å². The van der Waals surface area contributed by atoms with Crippen LogP contribution in [0, 0.1) is 0 Å². The highest BCUT2D eigenvalue weighted by Crippen LogP contribution is 2.22. The summed E-state index contributed by atoms with van der Waals surface area (Å²) in [4.78, 5) is 23.7. The fourth-order valence-electron chi connectivity index (χ4n) is 2.53. The third-order valence-electron chi connectivity index (χ3n) is 3.77. The first kappa shape index (κ1) is 18.9. The topological polar surface area (TPSA) is 65.7 Å². The largest absolute Gasteiger partial charge is 0.494 e. The average molecular weight is 429 g/mol. The smallest absolute Gasteiger partial charge is 0.336 e. The van der Waals surface area contributed by atoms with E-state index in [2.05, 4.69) is 15.9 Å². The lowest BCUT2D eigenvalue weighted by Gasteiger charge is -2.06. The molecule has 0 saturated carbocycles. The Morgan fingerprint density at radius 2 is 1.93 bits per heavy atom. The van der Waals surface area contributed by atoms with E-state index in [0.29, 0.717) is 17.8 Å². The number of halogens is 1. The fraction of sp³-hybridized carbons (Fsp3) is 0.143. The van der Waals surface area contributed by atoms with Crippen LogP contribution in [-0.2, 0) is 16.1 Å². The summed E-state index contributed by atoms with van der Waals surface area (Å²) < 4.78 is 16.6. The van der Waals surface area contributed by atoms with Crippen molar-refractivity contribution >= 4 is 38.9 Å². The molecule has 0 saturated heterocycles. The summed E-state index contributed by atoms with van der Waals surface area (Å²) in [6.45, 7) is 2.50. The SMILES string of the molecule is CCOc1ccc(/C=C/C(=O)OCc2cc(=O)oc3cc(Br)ccc23)cc1. The van der Waals surface area contributed by atoms with Crippen LogP contribution in [-0.4, -0.2) is 12.6 Å². The Morgan fingerprint density at radius 3 is 2.67 bits per heavy atom. The molecule has 0 bridgehead atoms. The summed E-state index contributed by atoms with van der Waals surface area (Å²) in [5.74, 6) is 0.279. The van der Waals surface area contributed by atoms with Gasteiger partial charge in [0, 0.05) is 27.6 Å². The van der Waals surface area contributed by atoms with Crippen molar-refractivity contribution < 1.29 is 18.7 Å². The minimum atomic E-state index is -0.498. The molecule has 0 atom stereocenters. The Balaban J connectivity index is 1.67. The van der Waals surface area contributed by atoms with Crippen molar-refractivity contribution in [3.05, 3.63) is 80.6 Å². The predicted octanol–water partition coefficient (Wildman–Crippen LogP) is 4.71. The molecule has 0 fully saturated rings. The monoisotopic (exact) mass is 428 g/mol. The van der Waals surface area contributed by atoms with Crippen LogP contribution < -0.4 is 10.4 Å². The second-order valence-electron chi connectivity index (χ2n) is 5.67. The molecule has 0 radical (unpaired) electrons. The summed E-state index contributed by atoms with van der Waals surface area (Å²) >= 11 is 3.34. The lowest BCUT2D eigenvalue weighted by atomic mass is 10.1. The standard InChI is InChI=1S/C21H17BrO5/c1-2-25-17-7-3-14(4-8-17)5-10-20(23)26-13-15-11-21(24)27-19-12-16(22)6-9-18(15)19/h3-12H,2,13H2,1H3/b10-5+. The molecular formula is C21H17BrO5. The number of benzene rings is 2. The summed E-state index contributed by atoms with van der Waals surface area (Å²) in [6.07, 6.45) is 3.01. The second kappa shape index (κ2) is 8.68. The maximum Gasteiger partial charge on any atom is 0.336 e. The second-order valence-corrected chi connectivity index (χ2v) is 6.59. The molecule has 138 valence electrons. The molecule has 3 rings (SSSR count). The predicted molar refractivity (Wildman–Crippen MR) is 107 cm³/mol. The molecule has 0 aliphatic carbocycles. The molecule has 5 nitrogen and oxygen atoms in total. The van der Waals surface area contributed by atoms with Crippen LogP contribution in [0.15, 0.2) is 68.3 Å². The average Bonchev–Trinajstić information content (AvgIpc) is 2.65. The van der Waals surface area contributed by atoms with Crippen molar-refractivity contribution in [3.8, 4) is 5.75 Å².